The quantitative estimate of drug-likeness (QED) is 0.0261. The van der Waals surface area contributed by atoms with Gasteiger partial charge in [-0.1, -0.05) is 239 Å². The Morgan fingerprint density at radius 1 is 0.296 bits per heavy atom. The Hall–Kier alpha value is -4.19. The molecule has 71 heavy (non-hydrogen) atoms. The van der Waals surface area contributed by atoms with Crippen molar-refractivity contribution in [1.29, 1.82) is 0 Å². The predicted octanol–water partition coefficient (Wildman–Crippen LogP) is 19.6. The molecule has 402 valence electrons. The van der Waals surface area contributed by atoms with Crippen molar-refractivity contribution in [3.63, 3.8) is 0 Å². The summed E-state index contributed by atoms with van der Waals surface area (Å²) in [6.45, 7) is 6.33. The second-order valence-electron chi connectivity index (χ2n) is 18.8. The first-order valence-corrected chi connectivity index (χ1v) is 29.0. The van der Waals surface area contributed by atoms with Gasteiger partial charge in [0.25, 0.3) is 0 Å². The van der Waals surface area contributed by atoms with E-state index in [9.17, 15) is 14.4 Å². The summed E-state index contributed by atoms with van der Waals surface area (Å²) in [5.41, 5.74) is 0. The molecule has 0 N–H and O–H groups in total. The van der Waals surface area contributed by atoms with E-state index in [-0.39, 0.29) is 37.5 Å². The van der Waals surface area contributed by atoms with E-state index in [1.807, 2.05) is 6.08 Å². The molecule has 0 saturated carbocycles. The van der Waals surface area contributed by atoms with Crippen molar-refractivity contribution in [2.45, 2.75) is 258 Å². The smallest absolute Gasteiger partial charge is 0.306 e. The lowest BCUT2D eigenvalue weighted by Crippen LogP contribution is -2.30. The second-order valence-corrected chi connectivity index (χ2v) is 18.8. The summed E-state index contributed by atoms with van der Waals surface area (Å²) < 4.78 is 16.8. The molecule has 0 spiro atoms. The third-order valence-corrected chi connectivity index (χ3v) is 11.9. The first kappa shape index (κ1) is 66.8. The highest BCUT2D eigenvalue weighted by Crippen LogP contribution is 2.14. The summed E-state index contributed by atoms with van der Waals surface area (Å²) in [7, 11) is 0. The summed E-state index contributed by atoms with van der Waals surface area (Å²) in [5, 5.41) is 0. The molecule has 0 rings (SSSR count). The fourth-order valence-corrected chi connectivity index (χ4v) is 7.65. The number of esters is 3. The van der Waals surface area contributed by atoms with Crippen molar-refractivity contribution < 1.29 is 28.6 Å². The van der Waals surface area contributed by atoms with Crippen molar-refractivity contribution >= 4 is 17.9 Å². The van der Waals surface area contributed by atoms with Gasteiger partial charge in [-0.05, 0) is 116 Å². The van der Waals surface area contributed by atoms with Gasteiger partial charge in [-0.15, -0.1) is 0 Å². The number of hydrogen-bond donors (Lipinski definition) is 0. The maximum absolute atomic E-state index is 12.9. The SMILES string of the molecule is CC/C=C\C/C=C\C/C=C\C/C=C\C/C=C\C/C=C\CCC(=O)OC[C@@H](COC(=O)CCCCCCC/C=C\C/C=C\C/C=C\CC)OC(=O)CCCCCCCCCCC/C=C\CCCCCCCC. The number of rotatable bonds is 51. The van der Waals surface area contributed by atoms with Crippen molar-refractivity contribution in [2.75, 3.05) is 13.2 Å². The summed E-state index contributed by atoms with van der Waals surface area (Å²) in [4.78, 5) is 38.2. The van der Waals surface area contributed by atoms with Crippen LogP contribution in [-0.4, -0.2) is 37.2 Å². The molecule has 6 nitrogen and oxygen atoms in total. The highest BCUT2D eigenvalue weighted by atomic mass is 16.6. The van der Waals surface area contributed by atoms with Gasteiger partial charge >= 0.3 is 17.9 Å². The molecule has 0 bridgehead atoms. The fraction of sp³-hybridized carbons (Fsp3) is 0.646. The van der Waals surface area contributed by atoms with Crippen LogP contribution in [0.5, 0.6) is 0 Å². The van der Waals surface area contributed by atoms with Gasteiger partial charge in [0, 0.05) is 19.3 Å². The Labute approximate surface area is 437 Å². The molecular weight excluding hydrogens is 877 g/mol. The highest BCUT2D eigenvalue weighted by Gasteiger charge is 2.19. The lowest BCUT2D eigenvalue weighted by Gasteiger charge is -2.18. The van der Waals surface area contributed by atoms with Crippen LogP contribution >= 0.6 is 0 Å². The van der Waals surface area contributed by atoms with Crippen LogP contribution in [0.25, 0.3) is 0 Å². The molecule has 0 heterocycles. The Morgan fingerprint density at radius 3 is 0.958 bits per heavy atom. The zero-order chi connectivity index (χ0) is 51.4. The van der Waals surface area contributed by atoms with E-state index in [4.69, 9.17) is 14.2 Å². The maximum Gasteiger partial charge on any atom is 0.306 e. The Morgan fingerprint density at radius 2 is 0.577 bits per heavy atom. The Kier molecular flexibility index (Phi) is 54.9. The number of carbonyl (C=O) groups is 3. The third kappa shape index (κ3) is 56.6. The molecule has 0 amide bonds. The minimum atomic E-state index is -0.821. The van der Waals surface area contributed by atoms with E-state index >= 15 is 0 Å². The van der Waals surface area contributed by atoms with Gasteiger partial charge in [0.15, 0.2) is 6.10 Å². The zero-order valence-corrected chi connectivity index (χ0v) is 45.9. The van der Waals surface area contributed by atoms with Crippen LogP contribution in [0.4, 0.5) is 0 Å². The van der Waals surface area contributed by atoms with Crippen molar-refractivity contribution in [3.05, 3.63) is 122 Å². The van der Waals surface area contributed by atoms with Crippen LogP contribution < -0.4 is 0 Å². The lowest BCUT2D eigenvalue weighted by atomic mass is 10.1. The van der Waals surface area contributed by atoms with Crippen molar-refractivity contribution in [3.8, 4) is 0 Å². The largest absolute Gasteiger partial charge is 0.462 e. The van der Waals surface area contributed by atoms with Gasteiger partial charge in [-0.25, -0.2) is 0 Å². The molecule has 0 aromatic carbocycles. The Bertz CT molecular complexity index is 1500. The van der Waals surface area contributed by atoms with E-state index < -0.39 is 6.10 Å². The molecule has 1 atom stereocenters. The molecule has 0 aromatic rings. The molecule has 6 heteroatoms. The van der Waals surface area contributed by atoms with Crippen LogP contribution in [0, 0.1) is 0 Å². The second kappa shape index (κ2) is 58.4. The molecule has 0 radical (unpaired) electrons. The molecule has 0 aliphatic heterocycles. The predicted molar refractivity (Wildman–Crippen MR) is 306 cm³/mol. The number of unbranched alkanes of at least 4 members (excludes halogenated alkanes) is 20. The average molecular weight is 984 g/mol. The third-order valence-electron chi connectivity index (χ3n) is 11.9. The molecule has 0 aliphatic rings. The minimum absolute atomic E-state index is 0.114. The summed E-state index contributed by atoms with van der Waals surface area (Å²) in [6, 6.07) is 0. The molecule has 0 unspecified atom stereocenters. The van der Waals surface area contributed by atoms with Crippen LogP contribution in [0.3, 0.4) is 0 Å². The van der Waals surface area contributed by atoms with Crippen LogP contribution in [0.1, 0.15) is 252 Å². The first-order chi connectivity index (χ1) is 35.0. The summed E-state index contributed by atoms with van der Waals surface area (Å²) in [5.74, 6) is -1.02. The van der Waals surface area contributed by atoms with E-state index in [1.165, 1.54) is 89.9 Å². The van der Waals surface area contributed by atoms with E-state index in [1.54, 1.807) is 0 Å². The number of carbonyl (C=O) groups excluding carboxylic acids is 3. The topological polar surface area (TPSA) is 78.9 Å². The zero-order valence-electron chi connectivity index (χ0n) is 45.9. The normalized spacial score (nSPS) is 13.0. The molecule has 0 saturated heterocycles. The van der Waals surface area contributed by atoms with Gasteiger partial charge in [0.05, 0.1) is 0 Å². The highest BCUT2D eigenvalue weighted by molar-refractivity contribution is 5.71. The van der Waals surface area contributed by atoms with E-state index in [0.717, 1.165) is 116 Å². The Balaban J connectivity index is 4.52. The summed E-state index contributed by atoms with van der Waals surface area (Å²) >= 11 is 0. The van der Waals surface area contributed by atoms with Crippen molar-refractivity contribution in [1.82, 2.24) is 0 Å². The average Bonchev–Trinajstić information content (AvgIpc) is 3.37. The van der Waals surface area contributed by atoms with Crippen LogP contribution in [0.15, 0.2) is 122 Å². The van der Waals surface area contributed by atoms with Crippen molar-refractivity contribution in [2.24, 2.45) is 0 Å². The maximum atomic E-state index is 12.9. The number of allylic oxidation sites excluding steroid dienone is 20. The van der Waals surface area contributed by atoms with Crippen LogP contribution in [0.2, 0.25) is 0 Å². The van der Waals surface area contributed by atoms with Gasteiger partial charge < -0.3 is 14.2 Å². The fourth-order valence-electron chi connectivity index (χ4n) is 7.65. The molecular formula is C65H106O6. The lowest BCUT2D eigenvalue weighted by molar-refractivity contribution is -0.166. The van der Waals surface area contributed by atoms with Gasteiger partial charge in [-0.2, -0.15) is 0 Å². The van der Waals surface area contributed by atoms with Gasteiger partial charge in [-0.3, -0.25) is 14.4 Å². The van der Waals surface area contributed by atoms with E-state index in [0.29, 0.717) is 19.3 Å². The molecule has 0 fully saturated rings. The number of ether oxygens (including phenoxy) is 3. The monoisotopic (exact) mass is 983 g/mol. The van der Waals surface area contributed by atoms with Gasteiger partial charge in [0.1, 0.15) is 13.2 Å². The standard InChI is InChI=1S/C65H106O6/c1-4-7-10-13-16-19-22-25-28-30-32-34-37-40-43-46-49-52-55-58-64(67)70-61-62(60-69-63(66)57-54-51-48-45-42-39-36-27-24-21-18-15-12-9-6-3)71-65(68)59-56-53-50-47-44-41-38-35-33-31-29-26-23-20-17-14-11-8-5-2/h7,9-10,12,16,18-19,21,25-29,32,34,36,40,43,49,52,62H,4-6,8,11,13-15,17,20,22-24,30-31,33,35,37-39,41-42,44-48,50-51,53-61H2,1-3H3/b10-7-,12-9-,19-16-,21-18-,28-25-,29-26-,34-32-,36-27-,43-40-,52-49-/t62-/m1/s1. The van der Waals surface area contributed by atoms with Crippen LogP contribution in [-0.2, 0) is 28.6 Å². The number of hydrogen-bond acceptors (Lipinski definition) is 6. The van der Waals surface area contributed by atoms with Gasteiger partial charge in [0.2, 0.25) is 0 Å². The summed E-state index contributed by atoms with van der Waals surface area (Å²) in [6.07, 6.45) is 80.6. The van der Waals surface area contributed by atoms with E-state index in [2.05, 4.69) is 136 Å². The molecule has 0 aromatic heterocycles. The molecule has 0 aliphatic carbocycles. The minimum Gasteiger partial charge on any atom is -0.462 e. The first-order valence-electron chi connectivity index (χ1n) is 29.0.